The molecule has 0 saturated heterocycles. The summed E-state index contributed by atoms with van der Waals surface area (Å²) in [6.45, 7) is 0.588. The Balaban J connectivity index is 1.96. The van der Waals surface area contributed by atoms with E-state index in [0.717, 1.165) is 30.7 Å². The largest absolute Gasteiger partial charge is 0.490 e. The summed E-state index contributed by atoms with van der Waals surface area (Å²) in [5, 5.41) is 11.0. The highest BCUT2D eigenvalue weighted by molar-refractivity contribution is 6.06. The van der Waals surface area contributed by atoms with Crippen molar-refractivity contribution in [1.82, 2.24) is 0 Å². The van der Waals surface area contributed by atoms with Gasteiger partial charge >= 0.3 is 5.69 Å². The lowest BCUT2D eigenvalue weighted by Crippen LogP contribution is -2.31. The average molecular weight is 316 g/mol. The van der Waals surface area contributed by atoms with Crippen LogP contribution in [0.1, 0.15) is 29.0 Å². The molecule has 0 aliphatic carbocycles. The average Bonchev–Trinajstić information content (AvgIpc) is 2.93. The third-order valence-corrected chi connectivity index (χ3v) is 3.92. The summed E-state index contributed by atoms with van der Waals surface area (Å²) in [6, 6.07) is 5.93. The van der Waals surface area contributed by atoms with Crippen LogP contribution in [0.5, 0.6) is 5.75 Å². The smallest absolute Gasteiger partial charge is 0.310 e. The van der Waals surface area contributed by atoms with Gasteiger partial charge in [0.2, 0.25) is 0 Å². The molecule has 2 aromatic rings. The van der Waals surface area contributed by atoms with Gasteiger partial charge in [-0.2, -0.15) is 0 Å². The number of nitrogens with zero attached hydrogens (tertiary/aromatic N) is 2. The van der Waals surface area contributed by atoms with Crippen LogP contribution in [0.3, 0.4) is 0 Å². The van der Waals surface area contributed by atoms with Crippen molar-refractivity contribution in [3.8, 4) is 5.75 Å². The van der Waals surface area contributed by atoms with E-state index >= 15 is 0 Å². The second-order valence-electron chi connectivity index (χ2n) is 5.29. The number of aryl methyl sites for hydroxylation is 1. The number of nitro benzene ring substituents is 1. The zero-order valence-electron chi connectivity index (χ0n) is 12.7. The number of hydrogen-bond donors (Lipinski definition) is 0. The SMILES string of the molecule is COc1cc(C(=O)N2CCCCc3occc32)ccc1[N+](=O)[O-]. The molecule has 1 aliphatic rings. The minimum atomic E-state index is -0.535. The Bertz CT molecular complexity index is 753. The van der Waals surface area contributed by atoms with Crippen molar-refractivity contribution >= 4 is 17.3 Å². The number of amides is 1. The van der Waals surface area contributed by atoms with Gasteiger partial charge in [0.25, 0.3) is 5.91 Å². The van der Waals surface area contributed by atoms with Gasteiger partial charge < -0.3 is 14.1 Å². The summed E-state index contributed by atoms with van der Waals surface area (Å²) in [6.07, 6.45) is 4.20. The number of benzene rings is 1. The van der Waals surface area contributed by atoms with Gasteiger partial charge in [-0.1, -0.05) is 0 Å². The van der Waals surface area contributed by atoms with Gasteiger partial charge in [0.1, 0.15) is 5.76 Å². The van der Waals surface area contributed by atoms with E-state index in [4.69, 9.17) is 9.15 Å². The van der Waals surface area contributed by atoms with E-state index in [-0.39, 0.29) is 17.3 Å². The summed E-state index contributed by atoms with van der Waals surface area (Å²) >= 11 is 0. The van der Waals surface area contributed by atoms with E-state index in [0.29, 0.717) is 12.1 Å². The van der Waals surface area contributed by atoms with Crippen molar-refractivity contribution in [2.75, 3.05) is 18.6 Å². The molecule has 0 saturated carbocycles. The Hall–Kier alpha value is -2.83. The van der Waals surface area contributed by atoms with Crippen LogP contribution in [0.25, 0.3) is 0 Å². The Morgan fingerprint density at radius 1 is 1.35 bits per heavy atom. The summed E-state index contributed by atoms with van der Waals surface area (Å²) in [4.78, 5) is 24.9. The van der Waals surface area contributed by atoms with Crippen molar-refractivity contribution < 1.29 is 18.9 Å². The van der Waals surface area contributed by atoms with E-state index < -0.39 is 4.92 Å². The van der Waals surface area contributed by atoms with Gasteiger partial charge in [0.05, 0.1) is 24.0 Å². The molecule has 7 heteroatoms. The number of ether oxygens (including phenoxy) is 1. The maximum Gasteiger partial charge on any atom is 0.310 e. The molecule has 0 fully saturated rings. The van der Waals surface area contributed by atoms with Crippen LogP contribution < -0.4 is 9.64 Å². The molecule has 3 rings (SSSR count). The second kappa shape index (κ2) is 6.12. The topological polar surface area (TPSA) is 85.8 Å². The fourth-order valence-corrected chi connectivity index (χ4v) is 2.77. The third kappa shape index (κ3) is 2.77. The fourth-order valence-electron chi connectivity index (χ4n) is 2.77. The number of rotatable bonds is 3. The lowest BCUT2D eigenvalue weighted by Gasteiger charge is -2.20. The van der Waals surface area contributed by atoms with Crippen LogP contribution >= 0.6 is 0 Å². The highest BCUT2D eigenvalue weighted by Crippen LogP contribution is 2.31. The number of anilines is 1. The van der Waals surface area contributed by atoms with Crippen LogP contribution in [0, 0.1) is 10.1 Å². The molecular formula is C16H16N2O5. The molecule has 0 atom stereocenters. The number of carbonyl (C=O) groups excluding carboxylic acids is 1. The lowest BCUT2D eigenvalue weighted by atomic mass is 10.1. The van der Waals surface area contributed by atoms with Gasteiger partial charge in [0.15, 0.2) is 5.75 Å². The summed E-state index contributed by atoms with van der Waals surface area (Å²) in [5.74, 6) is 0.649. The summed E-state index contributed by atoms with van der Waals surface area (Å²) in [5.41, 5.74) is 0.954. The predicted molar refractivity (Wildman–Crippen MR) is 83.0 cm³/mol. The first-order valence-electron chi connectivity index (χ1n) is 7.32. The number of carbonyl (C=O) groups is 1. The predicted octanol–water partition coefficient (Wildman–Crippen LogP) is 3.18. The Morgan fingerprint density at radius 2 is 2.17 bits per heavy atom. The number of fused-ring (bicyclic) bond motifs is 1. The van der Waals surface area contributed by atoms with Crippen LogP contribution in [-0.2, 0) is 6.42 Å². The highest BCUT2D eigenvalue weighted by atomic mass is 16.6. The zero-order chi connectivity index (χ0) is 16.4. The van der Waals surface area contributed by atoms with E-state index in [1.54, 1.807) is 17.2 Å². The molecule has 0 bridgehead atoms. The third-order valence-electron chi connectivity index (χ3n) is 3.92. The Kier molecular flexibility index (Phi) is 4.01. The molecule has 23 heavy (non-hydrogen) atoms. The van der Waals surface area contributed by atoms with Crippen LogP contribution in [0.2, 0.25) is 0 Å². The van der Waals surface area contributed by atoms with Gasteiger partial charge in [-0.25, -0.2) is 0 Å². The van der Waals surface area contributed by atoms with Crippen molar-refractivity contribution in [2.24, 2.45) is 0 Å². The molecule has 0 spiro atoms. The van der Waals surface area contributed by atoms with Crippen molar-refractivity contribution in [3.05, 3.63) is 52.0 Å². The monoisotopic (exact) mass is 316 g/mol. The van der Waals surface area contributed by atoms with Gasteiger partial charge in [-0.05, 0) is 18.9 Å². The number of methoxy groups -OCH3 is 1. The molecule has 0 unspecified atom stereocenters. The first kappa shape index (κ1) is 15.1. The Labute approximate surface area is 132 Å². The minimum absolute atomic E-state index is 0.0723. The van der Waals surface area contributed by atoms with Crippen molar-refractivity contribution in [2.45, 2.75) is 19.3 Å². The summed E-state index contributed by atoms with van der Waals surface area (Å²) < 4.78 is 10.5. The maximum absolute atomic E-state index is 12.8. The standard InChI is InChI=1S/C16H16N2O5/c1-22-15-10-11(5-6-13(15)18(20)21)16(19)17-8-3-2-4-14-12(17)7-9-23-14/h5-7,9-10H,2-4,8H2,1H3. The first-order chi connectivity index (χ1) is 11.1. The second-order valence-corrected chi connectivity index (χ2v) is 5.29. The molecule has 1 aliphatic heterocycles. The van der Waals surface area contributed by atoms with Gasteiger partial charge in [-0.3, -0.25) is 14.9 Å². The lowest BCUT2D eigenvalue weighted by molar-refractivity contribution is -0.385. The van der Waals surface area contributed by atoms with E-state index in [1.807, 2.05) is 0 Å². The molecular weight excluding hydrogens is 300 g/mol. The van der Waals surface area contributed by atoms with E-state index in [2.05, 4.69) is 0 Å². The molecule has 1 aromatic heterocycles. The number of furan rings is 1. The van der Waals surface area contributed by atoms with Crippen LogP contribution in [0.15, 0.2) is 34.9 Å². The Morgan fingerprint density at radius 3 is 2.91 bits per heavy atom. The molecule has 2 heterocycles. The van der Waals surface area contributed by atoms with Crippen LogP contribution in [-0.4, -0.2) is 24.5 Å². The zero-order valence-corrected chi connectivity index (χ0v) is 12.7. The maximum atomic E-state index is 12.8. The van der Waals surface area contributed by atoms with Crippen LogP contribution in [0.4, 0.5) is 11.4 Å². The molecule has 0 N–H and O–H groups in total. The molecule has 0 radical (unpaired) electrons. The van der Waals surface area contributed by atoms with Crippen molar-refractivity contribution in [1.29, 1.82) is 0 Å². The summed E-state index contributed by atoms with van der Waals surface area (Å²) in [7, 11) is 1.34. The fraction of sp³-hybridized carbons (Fsp3) is 0.312. The van der Waals surface area contributed by atoms with Crippen molar-refractivity contribution in [3.63, 3.8) is 0 Å². The normalized spacial score (nSPS) is 14.0. The molecule has 7 nitrogen and oxygen atoms in total. The van der Waals surface area contributed by atoms with E-state index in [9.17, 15) is 14.9 Å². The van der Waals surface area contributed by atoms with Gasteiger partial charge in [-0.15, -0.1) is 0 Å². The molecule has 1 amide bonds. The number of nitro groups is 1. The quantitative estimate of drug-likeness (QED) is 0.641. The van der Waals surface area contributed by atoms with E-state index in [1.165, 1.54) is 25.3 Å². The first-order valence-corrected chi connectivity index (χ1v) is 7.32. The molecule has 120 valence electrons. The van der Waals surface area contributed by atoms with Gasteiger partial charge in [0, 0.05) is 36.7 Å². The number of hydrogen-bond acceptors (Lipinski definition) is 5. The molecule has 1 aromatic carbocycles. The highest BCUT2D eigenvalue weighted by Gasteiger charge is 2.26. The minimum Gasteiger partial charge on any atom is -0.490 e.